The molecule has 0 radical (unpaired) electrons. The van der Waals surface area contributed by atoms with Gasteiger partial charge in [0.1, 0.15) is 0 Å². The van der Waals surface area contributed by atoms with Crippen molar-refractivity contribution in [2.45, 2.75) is 6.42 Å². The Kier molecular flexibility index (Phi) is 2.86. The number of para-hydroxylation sites is 1. The Morgan fingerprint density at radius 3 is 2.92 bits per heavy atom. The van der Waals surface area contributed by atoms with Crippen molar-refractivity contribution in [2.75, 3.05) is 7.11 Å². The van der Waals surface area contributed by atoms with Crippen molar-refractivity contribution in [3.8, 4) is 5.75 Å². The van der Waals surface area contributed by atoms with Gasteiger partial charge in [-0.2, -0.15) is 0 Å². The topological polar surface area (TPSA) is 9.23 Å². The summed E-state index contributed by atoms with van der Waals surface area (Å²) in [6.45, 7) is 3.58. The molecule has 2 heteroatoms. The van der Waals surface area contributed by atoms with Crippen molar-refractivity contribution in [3.05, 3.63) is 42.2 Å². The molecule has 0 aliphatic carbocycles. The highest BCUT2D eigenvalue weighted by Gasteiger charge is 2.05. The minimum Gasteiger partial charge on any atom is -0.493 e. The maximum atomic E-state index is 13.0. The van der Waals surface area contributed by atoms with Gasteiger partial charge in [0, 0.05) is 5.56 Å². The second-order valence-corrected chi connectivity index (χ2v) is 2.43. The lowest BCUT2D eigenvalue weighted by atomic mass is 10.1. The van der Waals surface area contributed by atoms with Crippen molar-refractivity contribution >= 4 is 0 Å². The molecule has 1 aromatic carbocycles. The van der Waals surface area contributed by atoms with Crippen LogP contribution in [-0.2, 0) is 6.42 Å². The van der Waals surface area contributed by atoms with Gasteiger partial charge >= 0.3 is 0 Å². The predicted octanol–water partition coefficient (Wildman–Crippen LogP) is 2.56. The van der Waals surface area contributed by atoms with Crippen LogP contribution in [0, 0.1) is 5.82 Å². The summed E-state index contributed by atoms with van der Waals surface area (Å²) in [6.07, 6.45) is 2.35. The Morgan fingerprint density at radius 2 is 2.33 bits per heavy atom. The van der Waals surface area contributed by atoms with Gasteiger partial charge in [-0.05, 0) is 12.5 Å². The molecule has 0 amide bonds. The summed E-state index contributed by atoms with van der Waals surface area (Å²) in [5.41, 5.74) is 0.826. The monoisotopic (exact) mass is 166 g/mol. The highest BCUT2D eigenvalue weighted by molar-refractivity contribution is 5.35. The zero-order valence-corrected chi connectivity index (χ0v) is 7.01. The van der Waals surface area contributed by atoms with E-state index in [-0.39, 0.29) is 5.82 Å². The Labute approximate surface area is 71.5 Å². The number of benzene rings is 1. The second kappa shape index (κ2) is 3.90. The van der Waals surface area contributed by atoms with Gasteiger partial charge in [-0.25, -0.2) is 4.39 Å². The van der Waals surface area contributed by atoms with E-state index in [1.807, 2.05) is 6.07 Å². The van der Waals surface area contributed by atoms with Gasteiger partial charge in [0.05, 0.1) is 7.11 Å². The van der Waals surface area contributed by atoms with E-state index in [9.17, 15) is 4.39 Å². The first kappa shape index (κ1) is 8.78. The van der Waals surface area contributed by atoms with Crippen LogP contribution >= 0.6 is 0 Å². The Morgan fingerprint density at radius 1 is 1.58 bits per heavy atom. The Bertz CT molecular complexity index is 281. The molecule has 1 aromatic rings. The second-order valence-electron chi connectivity index (χ2n) is 2.43. The summed E-state index contributed by atoms with van der Waals surface area (Å²) in [6, 6.07) is 4.87. The zero-order chi connectivity index (χ0) is 8.97. The maximum Gasteiger partial charge on any atom is 0.165 e. The van der Waals surface area contributed by atoms with E-state index in [0.717, 1.165) is 5.56 Å². The SMILES string of the molecule is C=CCc1cccc(F)c1OC. The van der Waals surface area contributed by atoms with Crippen molar-refractivity contribution < 1.29 is 9.13 Å². The molecular weight excluding hydrogens is 155 g/mol. The van der Waals surface area contributed by atoms with Crippen LogP contribution in [0.1, 0.15) is 5.56 Å². The van der Waals surface area contributed by atoms with Gasteiger partial charge in [0.15, 0.2) is 11.6 Å². The first-order chi connectivity index (χ1) is 5.79. The molecule has 0 spiro atoms. The summed E-state index contributed by atoms with van der Waals surface area (Å²) < 4.78 is 17.9. The van der Waals surface area contributed by atoms with Gasteiger partial charge in [-0.1, -0.05) is 18.2 Å². The zero-order valence-electron chi connectivity index (χ0n) is 7.01. The minimum absolute atomic E-state index is 0.317. The fraction of sp³-hybridized carbons (Fsp3) is 0.200. The smallest absolute Gasteiger partial charge is 0.165 e. The fourth-order valence-corrected chi connectivity index (χ4v) is 1.10. The summed E-state index contributed by atoms with van der Waals surface area (Å²) in [5.74, 6) is -0.00532. The van der Waals surface area contributed by atoms with Gasteiger partial charge in [-0.15, -0.1) is 6.58 Å². The first-order valence-electron chi connectivity index (χ1n) is 3.72. The van der Waals surface area contributed by atoms with E-state index in [1.165, 1.54) is 13.2 Å². The molecule has 0 N–H and O–H groups in total. The first-order valence-corrected chi connectivity index (χ1v) is 3.72. The molecule has 0 aliphatic heterocycles. The van der Waals surface area contributed by atoms with E-state index in [2.05, 4.69) is 6.58 Å². The van der Waals surface area contributed by atoms with Gasteiger partial charge in [-0.3, -0.25) is 0 Å². The Hall–Kier alpha value is -1.31. The molecule has 0 atom stereocenters. The number of methoxy groups -OCH3 is 1. The maximum absolute atomic E-state index is 13.0. The quantitative estimate of drug-likeness (QED) is 0.627. The van der Waals surface area contributed by atoms with Crippen molar-refractivity contribution in [1.82, 2.24) is 0 Å². The summed E-state index contributed by atoms with van der Waals surface area (Å²) in [5, 5.41) is 0. The number of halogens is 1. The number of rotatable bonds is 3. The molecule has 64 valence electrons. The lowest BCUT2D eigenvalue weighted by Gasteiger charge is -2.06. The third kappa shape index (κ3) is 1.64. The van der Waals surface area contributed by atoms with Crippen LogP contribution < -0.4 is 4.74 Å². The van der Waals surface area contributed by atoms with Crippen LogP contribution in [0.15, 0.2) is 30.9 Å². The number of hydrogen-bond acceptors (Lipinski definition) is 1. The van der Waals surface area contributed by atoms with Crippen LogP contribution in [0.4, 0.5) is 4.39 Å². The van der Waals surface area contributed by atoms with Crippen molar-refractivity contribution in [3.63, 3.8) is 0 Å². The van der Waals surface area contributed by atoms with E-state index >= 15 is 0 Å². The number of hydrogen-bond donors (Lipinski definition) is 0. The molecule has 1 nitrogen and oxygen atoms in total. The van der Waals surface area contributed by atoms with E-state index in [1.54, 1.807) is 12.1 Å². The summed E-state index contributed by atoms with van der Waals surface area (Å²) in [7, 11) is 1.46. The van der Waals surface area contributed by atoms with Crippen molar-refractivity contribution in [1.29, 1.82) is 0 Å². The van der Waals surface area contributed by atoms with Crippen LogP contribution in [0.5, 0.6) is 5.75 Å². The van der Waals surface area contributed by atoms with E-state index < -0.39 is 0 Å². The van der Waals surface area contributed by atoms with E-state index in [0.29, 0.717) is 12.2 Å². The van der Waals surface area contributed by atoms with Crippen LogP contribution in [0.3, 0.4) is 0 Å². The standard InChI is InChI=1S/C10H11FO/c1-3-5-8-6-4-7-9(11)10(8)12-2/h3-4,6-7H,1,5H2,2H3. The normalized spacial score (nSPS) is 9.50. The lowest BCUT2D eigenvalue weighted by Crippen LogP contribution is -1.93. The molecular formula is C10H11FO. The molecule has 12 heavy (non-hydrogen) atoms. The molecule has 0 saturated heterocycles. The highest BCUT2D eigenvalue weighted by Crippen LogP contribution is 2.22. The van der Waals surface area contributed by atoms with Crippen molar-refractivity contribution in [2.24, 2.45) is 0 Å². The van der Waals surface area contributed by atoms with Crippen LogP contribution in [0.25, 0.3) is 0 Å². The third-order valence-electron chi connectivity index (χ3n) is 1.62. The Balaban J connectivity index is 3.08. The van der Waals surface area contributed by atoms with E-state index in [4.69, 9.17) is 4.74 Å². The third-order valence-corrected chi connectivity index (χ3v) is 1.62. The largest absolute Gasteiger partial charge is 0.493 e. The molecule has 1 rings (SSSR count). The van der Waals surface area contributed by atoms with Gasteiger partial charge < -0.3 is 4.74 Å². The fourth-order valence-electron chi connectivity index (χ4n) is 1.10. The molecule has 0 saturated carbocycles. The predicted molar refractivity (Wildman–Crippen MR) is 46.9 cm³/mol. The molecule has 0 unspecified atom stereocenters. The summed E-state index contributed by atoms with van der Waals surface area (Å²) in [4.78, 5) is 0. The van der Waals surface area contributed by atoms with Gasteiger partial charge in [0.2, 0.25) is 0 Å². The highest BCUT2D eigenvalue weighted by atomic mass is 19.1. The van der Waals surface area contributed by atoms with Gasteiger partial charge in [0.25, 0.3) is 0 Å². The molecule has 0 bridgehead atoms. The number of allylic oxidation sites excluding steroid dienone is 1. The average Bonchev–Trinajstić information content (AvgIpc) is 2.05. The lowest BCUT2D eigenvalue weighted by molar-refractivity contribution is 0.382. The molecule has 0 aromatic heterocycles. The van der Waals surface area contributed by atoms with Crippen LogP contribution in [0.2, 0.25) is 0 Å². The average molecular weight is 166 g/mol. The molecule has 0 fully saturated rings. The summed E-state index contributed by atoms with van der Waals surface area (Å²) >= 11 is 0. The minimum atomic E-state index is -0.322. The molecule has 0 heterocycles. The van der Waals surface area contributed by atoms with Crippen LogP contribution in [-0.4, -0.2) is 7.11 Å². The molecule has 0 aliphatic rings. The number of ether oxygens (including phenoxy) is 1.